The zero-order valence-corrected chi connectivity index (χ0v) is 19.5. The molecule has 0 radical (unpaired) electrons. The molecule has 1 aromatic carbocycles. The molecule has 9 nitrogen and oxygen atoms in total. The Morgan fingerprint density at radius 2 is 1.91 bits per heavy atom. The van der Waals surface area contributed by atoms with Gasteiger partial charge in [0.2, 0.25) is 5.95 Å². The molecule has 1 saturated heterocycles. The van der Waals surface area contributed by atoms with Crippen LogP contribution in [0.4, 0.5) is 10.3 Å². The van der Waals surface area contributed by atoms with Crippen molar-refractivity contribution in [3.8, 4) is 28.3 Å². The molecule has 0 amide bonds. The van der Waals surface area contributed by atoms with E-state index in [1.807, 2.05) is 45.9 Å². The molecule has 3 aromatic heterocycles. The van der Waals surface area contributed by atoms with Gasteiger partial charge in [-0.15, -0.1) is 10.2 Å². The molecule has 34 heavy (non-hydrogen) atoms. The summed E-state index contributed by atoms with van der Waals surface area (Å²) in [5, 5.41) is 29.9. The fraction of sp³-hybridized carbons (Fsp3) is 0.375. The summed E-state index contributed by atoms with van der Waals surface area (Å²) in [4.78, 5) is 8.51. The van der Waals surface area contributed by atoms with Gasteiger partial charge in [-0.25, -0.2) is 18.9 Å². The number of alkyl halides is 1. The van der Waals surface area contributed by atoms with Gasteiger partial charge in [0.15, 0.2) is 5.65 Å². The summed E-state index contributed by atoms with van der Waals surface area (Å²) in [5.41, 5.74) is 2.18. The maximum atomic E-state index is 15.1. The third kappa shape index (κ3) is 4.16. The second-order valence-corrected chi connectivity index (χ2v) is 9.93. The minimum absolute atomic E-state index is 0.0347. The zero-order valence-electron chi connectivity index (χ0n) is 19.5. The van der Waals surface area contributed by atoms with Crippen LogP contribution in [-0.2, 0) is 0 Å². The molecule has 2 atom stereocenters. The highest BCUT2D eigenvalue weighted by Gasteiger charge is 2.46. The lowest BCUT2D eigenvalue weighted by atomic mass is 9.78. The third-order valence-electron chi connectivity index (χ3n) is 6.13. The standard InChI is InChI=1S/C24H27FN8O/c1-23(2)12-17(21(25)24(3,4)32-23)28-22-27-13-18(29-30-22)15-6-5-14(11-19(15)34)16-7-8-20-26-9-10-33(20)31-16/h5-11,13,17,21,32,34H,12H2,1-4H3,(H,27,28,30)/t17-,21-/m0/s1. The van der Waals surface area contributed by atoms with E-state index in [0.717, 1.165) is 11.2 Å². The van der Waals surface area contributed by atoms with Crippen LogP contribution in [0.15, 0.2) is 48.9 Å². The Balaban J connectivity index is 1.35. The highest BCUT2D eigenvalue weighted by molar-refractivity contribution is 5.72. The lowest BCUT2D eigenvalue weighted by Gasteiger charge is -2.48. The topological polar surface area (TPSA) is 113 Å². The summed E-state index contributed by atoms with van der Waals surface area (Å²) in [7, 11) is 0. The SMILES string of the molecule is CC1(C)C[C@H](Nc2ncc(-c3ccc(-c4ccc5nccn5n4)cc3O)nn2)[C@H](F)C(C)(C)N1. The zero-order chi connectivity index (χ0) is 24.1. The predicted octanol–water partition coefficient (Wildman–Crippen LogP) is 3.62. The number of piperidine rings is 1. The first-order chi connectivity index (χ1) is 16.1. The minimum Gasteiger partial charge on any atom is -0.507 e. The van der Waals surface area contributed by atoms with E-state index < -0.39 is 17.8 Å². The summed E-state index contributed by atoms with van der Waals surface area (Å²) in [5.74, 6) is 0.284. The lowest BCUT2D eigenvalue weighted by Crippen LogP contribution is -2.67. The van der Waals surface area contributed by atoms with Gasteiger partial charge in [0, 0.05) is 34.6 Å². The molecular weight excluding hydrogens is 435 g/mol. The van der Waals surface area contributed by atoms with Gasteiger partial charge in [-0.1, -0.05) is 6.07 Å². The van der Waals surface area contributed by atoms with Crippen LogP contribution < -0.4 is 10.6 Å². The predicted molar refractivity (Wildman–Crippen MR) is 127 cm³/mol. The summed E-state index contributed by atoms with van der Waals surface area (Å²) in [6.45, 7) is 7.80. The average molecular weight is 463 g/mol. The first kappa shape index (κ1) is 22.1. The van der Waals surface area contributed by atoms with Gasteiger partial charge in [0.1, 0.15) is 17.6 Å². The van der Waals surface area contributed by atoms with Crippen molar-refractivity contribution in [2.24, 2.45) is 0 Å². The van der Waals surface area contributed by atoms with Crippen molar-refractivity contribution in [3.05, 3.63) is 48.9 Å². The number of phenols is 1. The van der Waals surface area contributed by atoms with Crippen LogP contribution in [0.3, 0.4) is 0 Å². The van der Waals surface area contributed by atoms with Gasteiger partial charge in [0.25, 0.3) is 0 Å². The average Bonchev–Trinajstić information content (AvgIpc) is 3.25. The molecule has 0 saturated carbocycles. The van der Waals surface area contributed by atoms with Crippen LogP contribution in [0.5, 0.6) is 5.75 Å². The molecule has 1 aliphatic rings. The molecular formula is C24H27FN8O. The Hall–Kier alpha value is -3.66. The number of fused-ring (bicyclic) bond motifs is 1. The Morgan fingerprint density at radius 3 is 2.65 bits per heavy atom. The van der Waals surface area contributed by atoms with E-state index in [1.54, 1.807) is 29.0 Å². The van der Waals surface area contributed by atoms with E-state index in [4.69, 9.17) is 0 Å². The van der Waals surface area contributed by atoms with E-state index in [2.05, 4.69) is 35.9 Å². The molecule has 1 aliphatic heterocycles. The van der Waals surface area contributed by atoms with Crippen molar-refractivity contribution < 1.29 is 9.50 Å². The van der Waals surface area contributed by atoms with Gasteiger partial charge in [-0.3, -0.25) is 0 Å². The molecule has 0 bridgehead atoms. The maximum absolute atomic E-state index is 15.1. The fourth-order valence-electron chi connectivity index (χ4n) is 4.78. The number of rotatable bonds is 4. The molecule has 3 N–H and O–H groups in total. The van der Waals surface area contributed by atoms with Crippen molar-refractivity contribution in [2.45, 2.75) is 57.4 Å². The molecule has 1 fully saturated rings. The Labute approximate surface area is 196 Å². The van der Waals surface area contributed by atoms with Crippen molar-refractivity contribution in [2.75, 3.05) is 5.32 Å². The quantitative estimate of drug-likeness (QED) is 0.421. The maximum Gasteiger partial charge on any atom is 0.243 e. The number of aromatic nitrogens is 6. The minimum atomic E-state index is -1.13. The number of benzene rings is 1. The number of halogens is 1. The normalized spacial score (nSPS) is 21.4. The second-order valence-electron chi connectivity index (χ2n) is 9.93. The Kier molecular flexibility index (Phi) is 5.20. The molecule has 0 unspecified atom stereocenters. The van der Waals surface area contributed by atoms with E-state index in [9.17, 15) is 5.11 Å². The van der Waals surface area contributed by atoms with E-state index in [-0.39, 0.29) is 17.2 Å². The summed E-state index contributed by atoms with van der Waals surface area (Å²) >= 11 is 0. The number of imidazole rings is 1. The molecule has 176 valence electrons. The Morgan fingerprint density at radius 1 is 1.09 bits per heavy atom. The number of phenolic OH excluding ortho intramolecular Hbond substituents is 1. The first-order valence-electron chi connectivity index (χ1n) is 11.2. The Bertz CT molecular complexity index is 1330. The van der Waals surface area contributed by atoms with Crippen LogP contribution in [0.25, 0.3) is 28.2 Å². The van der Waals surface area contributed by atoms with Gasteiger partial charge < -0.3 is 15.7 Å². The number of anilines is 1. The third-order valence-corrected chi connectivity index (χ3v) is 6.13. The molecule has 0 spiro atoms. The highest BCUT2D eigenvalue weighted by Crippen LogP contribution is 2.34. The van der Waals surface area contributed by atoms with E-state index in [0.29, 0.717) is 23.4 Å². The van der Waals surface area contributed by atoms with Crippen molar-refractivity contribution in [3.63, 3.8) is 0 Å². The molecule has 4 heterocycles. The molecule has 5 rings (SSSR count). The number of nitrogens with one attached hydrogen (secondary N) is 2. The van der Waals surface area contributed by atoms with Crippen molar-refractivity contribution in [1.29, 1.82) is 0 Å². The fourth-order valence-corrected chi connectivity index (χ4v) is 4.78. The van der Waals surface area contributed by atoms with Gasteiger partial charge in [0.05, 0.1) is 17.9 Å². The monoisotopic (exact) mass is 462 g/mol. The van der Waals surface area contributed by atoms with Crippen molar-refractivity contribution in [1.82, 2.24) is 35.1 Å². The van der Waals surface area contributed by atoms with Gasteiger partial charge in [-0.05, 0) is 58.4 Å². The smallest absolute Gasteiger partial charge is 0.243 e. The molecule has 10 heteroatoms. The van der Waals surface area contributed by atoms with Crippen molar-refractivity contribution >= 4 is 11.6 Å². The molecule has 0 aliphatic carbocycles. The number of hydrogen-bond acceptors (Lipinski definition) is 8. The highest BCUT2D eigenvalue weighted by atomic mass is 19.1. The second kappa shape index (κ2) is 7.98. The first-order valence-corrected chi connectivity index (χ1v) is 11.2. The summed E-state index contributed by atoms with van der Waals surface area (Å²) < 4.78 is 16.7. The molecule has 4 aromatic rings. The lowest BCUT2D eigenvalue weighted by molar-refractivity contribution is 0.0654. The van der Waals surface area contributed by atoms with Crippen LogP contribution >= 0.6 is 0 Å². The largest absolute Gasteiger partial charge is 0.507 e. The van der Waals surface area contributed by atoms with Crippen LogP contribution in [0.1, 0.15) is 34.1 Å². The number of aromatic hydroxyl groups is 1. The number of nitrogens with zero attached hydrogens (tertiary/aromatic N) is 6. The van der Waals surface area contributed by atoms with Gasteiger partial charge in [-0.2, -0.15) is 5.10 Å². The van der Waals surface area contributed by atoms with E-state index >= 15 is 4.39 Å². The number of hydrogen-bond donors (Lipinski definition) is 3. The van der Waals surface area contributed by atoms with Crippen LogP contribution in [0.2, 0.25) is 0 Å². The summed E-state index contributed by atoms with van der Waals surface area (Å²) in [6, 6.07) is 8.48. The van der Waals surface area contributed by atoms with Crippen LogP contribution in [-0.4, -0.2) is 58.2 Å². The van der Waals surface area contributed by atoms with Crippen LogP contribution in [0, 0.1) is 0 Å². The van der Waals surface area contributed by atoms with Gasteiger partial charge >= 0.3 is 0 Å². The summed E-state index contributed by atoms with van der Waals surface area (Å²) in [6.07, 6.45) is 4.41. The van der Waals surface area contributed by atoms with E-state index in [1.165, 1.54) is 6.20 Å².